The second kappa shape index (κ2) is 7.99. The highest BCUT2D eigenvalue weighted by molar-refractivity contribution is 5.92. The van der Waals surface area contributed by atoms with Crippen molar-refractivity contribution >= 4 is 11.5 Å². The van der Waals surface area contributed by atoms with Gasteiger partial charge in [0.15, 0.2) is 5.41 Å². The normalized spacial score (nSPS) is 14.4. The van der Waals surface area contributed by atoms with Crippen LogP contribution in [0.15, 0.2) is 85.1 Å². The van der Waals surface area contributed by atoms with E-state index in [4.69, 9.17) is 9.47 Å². The van der Waals surface area contributed by atoms with Crippen molar-refractivity contribution in [1.29, 1.82) is 0 Å². The number of esters is 1. The van der Waals surface area contributed by atoms with Gasteiger partial charge in [-0.05, 0) is 17.7 Å². The summed E-state index contributed by atoms with van der Waals surface area (Å²) in [6.07, 6.45) is -2.28. The van der Waals surface area contributed by atoms with E-state index in [9.17, 15) is 18.7 Å². The molecule has 1 N–H and O–H groups in total. The molecule has 0 radical (unpaired) electrons. The number of carbonyl (C=O) groups excluding carboxylic acids is 1. The Labute approximate surface area is 172 Å². The van der Waals surface area contributed by atoms with E-state index in [1.54, 1.807) is 66.7 Å². The highest BCUT2D eigenvalue weighted by atomic mass is 19.3. The molecule has 0 fully saturated rings. The molecule has 1 aliphatic rings. The zero-order chi connectivity index (χ0) is 21.1. The lowest BCUT2D eigenvalue weighted by Gasteiger charge is -2.37. The first kappa shape index (κ1) is 19.6. The molecule has 0 atom stereocenters. The van der Waals surface area contributed by atoms with Gasteiger partial charge >= 0.3 is 5.97 Å². The number of para-hydroxylation sites is 2. The topological polar surface area (TPSA) is 55.8 Å². The van der Waals surface area contributed by atoms with Crippen LogP contribution in [0.25, 0.3) is 5.57 Å². The fourth-order valence-corrected chi connectivity index (χ4v) is 3.67. The van der Waals surface area contributed by atoms with E-state index in [1.807, 2.05) is 0 Å². The van der Waals surface area contributed by atoms with Crippen molar-refractivity contribution in [3.63, 3.8) is 0 Å². The zero-order valence-corrected chi connectivity index (χ0v) is 15.8. The van der Waals surface area contributed by atoms with Crippen molar-refractivity contribution in [2.75, 3.05) is 6.61 Å². The van der Waals surface area contributed by atoms with Gasteiger partial charge in [0.2, 0.25) is 0 Å². The summed E-state index contributed by atoms with van der Waals surface area (Å²) in [5, 5.41) is 9.57. The molecular formula is C24H18F2O4. The highest BCUT2D eigenvalue weighted by Crippen LogP contribution is 2.51. The number of ether oxygens (including phenoxy) is 2. The van der Waals surface area contributed by atoms with Gasteiger partial charge < -0.3 is 14.6 Å². The Balaban J connectivity index is 1.76. The molecule has 1 aliphatic heterocycles. The Bertz CT molecular complexity index is 1050. The average Bonchev–Trinajstić information content (AvgIpc) is 2.78. The number of alkyl halides is 2. The number of halogens is 2. The fourth-order valence-electron chi connectivity index (χ4n) is 3.67. The van der Waals surface area contributed by atoms with E-state index < -0.39 is 17.8 Å². The van der Waals surface area contributed by atoms with Crippen molar-refractivity contribution < 1.29 is 28.2 Å². The zero-order valence-electron chi connectivity index (χ0n) is 15.8. The lowest BCUT2D eigenvalue weighted by atomic mass is 9.72. The number of aliphatic hydroxyl groups excluding tert-OH is 1. The van der Waals surface area contributed by atoms with Crippen LogP contribution >= 0.6 is 0 Å². The van der Waals surface area contributed by atoms with Gasteiger partial charge in [-0.1, -0.05) is 66.7 Å². The molecule has 30 heavy (non-hydrogen) atoms. The number of carbonyl (C=O) groups is 1. The molecule has 1 heterocycles. The van der Waals surface area contributed by atoms with Gasteiger partial charge in [0.25, 0.3) is 6.43 Å². The van der Waals surface area contributed by atoms with Crippen LogP contribution in [0, 0.1) is 0 Å². The van der Waals surface area contributed by atoms with E-state index in [0.29, 0.717) is 11.1 Å². The van der Waals surface area contributed by atoms with Gasteiger partial charge in [-0.3, -0.25) is 4.79 Å². The Morgan fingerprint density at radius 1 is 0.933 bits per heavy atom. The third-order valence-corrected chi connectivity index (χ3v) is 5.15. The summed E-state index contributed by atoms with van der Waals surface area (Å²) in [5.41, 5.74) is -1.35. The highest BCUT2D eigenvalue weighted by Gasteiger charge is 2.56. The van der Waals surface area contributed by atoms with Crippen LogP contribution in [0.2, 0.25) is 0 Å². The van der Waals surface area contributed by atoms with Crippen molar-refractivity contribution in [3.8, 4) is 11.5 Å². The van der Waals surface area contributed by atoms with Gasteiger partial charge in [0.1, 0.15) is 18.1 Å². The van der Waals surface area contributed by atoms with Gasteiger partial charge in [0, 0.05) is 16.7 Å². The molecule has 4 rings (SSSR count). The van der Waals surface area contributed by atoms with Crippen LogP contribution in [-0.2, 0) is 14.9 Å². The monoisotopic (exact) mass is 408 g/mol. The number of rotatable bonds is 5. The summed E-state index contributed by atoms with van der Waals surface area (Å²) in [6.45, 7) is -0.362. The molecule has 3 aromatic rings. The van der Waals surface area contributed by atoms with E-state index in [2.05, 4.69) is 0 Å². The lowest BCUT2D eigenvalue weighted by Crippen LogP contribution is -2.47. The maximum absolute atomic E-state index is 14.7. The summed E-state index contributed by atoms with van der Waals surface area (Å²) >= 11 is 0. The van der Waals surface area contributed by atoms with Crippen LogP contribution in [0.3, 0.4) is 0 Å². The fraction of sp³-hybridized carbons (Fsp3) is 0.125. The molecule has 6 heteroatoms. The van der Waals surface area contributed by atoms with Crippen LogP contribution in [0.1, 0.15) is 16.7 Å². The van der Waals surface area contributed by atoms with Gasteiger partial charge in [-0.15, -0.1) is 0 Å². The largest absolute Gasteiger partial charge is 0.515 e. The quantitative estimate of drug-likeness (QED) is 0.448. The number of hydrogen-bond donors (Lipinski definition) is 1. The van der Waals surface area contributed by atoms with Crippen molar-refractivity contribution in [2.45, 2.75) is 11.8 Å². The Morgan fingerprint density at radius 2 is 1.47 bits per heavy atom. The lowest BCUT2D eigenvalue weighted by molar-refractivity contribution is -0.153. The first-order chi connectivity index (χ1) is 14.6. The summed E-state index contributed by atoms with van der Waals surface area (Å²) in [6, 6.07) is 21.2. The maximum Gasteiger partial charge on any atom is 0.327 e. The third kappa shape index (κ3) is 3.10. The van der Waals surface area contributed by atoms with Crippen LogP contribution in [0.4, 0.5) is 8.78 Å². The average molecular weight is 408 g/mol. The van der Waals surface area contributed by atoms with Crippen molar-refractivity contribution in [3.05, 3.63) is 102 Å². The van der Waals surface area contributed by atoms with Crippen molar-refractivity contribution in [2.24, 2.45) is 0 Å². The second-order valence-electron chi connectivity index (χ2n) is 6.80. The molecule has 0 saturated heterocycles. The molecule has 3 aromatic carbocycles. The van der Waals surface area contributed by atoms with Crippen molar-refractivity contribution in [1.82, 2.24) is 0 Å². The third-order valence-electron chi connectivity index (χ3n) is 5.15. The molecule has 0 bridgehead atoms. The molecule has 0 amide bonds. The first-order valence-electron chi connectivity index (χ1n) is 9.30. The number of benzene rings is 3. The maximum atomic E-state index is 14.7. The van der Waals surface area contributed by atoms with Gasteiger partial charge in [-0.2, -0.15) is 0 Å². The molecule has 0 saturated carbocycles. The first-order valence-corrected chi connectivity index (χ1v) is 9.30. The minimum Gasteiger partial charge on any atom is -0.515 e. The molecule has 152 valence electrons. The van der Waals surface area contributed by atoms with Gasteiger partial charge in [-0.25, -0.2) is 8.78 Å². The predicted molar refractivity (Wildman–Crippen MR) is 108 cm³/mol. The SMILES string of the molecule is O=C(OCC(=CO)c1ccccc1)C1(C(F)F)c2ccccc2Oc2ccccc21. The molecule has 4 nitrogen and oxygen atoms in total. The molecule has 0 unspecified atom stereocenters. The standard InChI is InChI=1S/C24H18F2O4/c25-22(26)24(23(28)29-15-17(14-27)16-8-2-1-3-9-16)18-10-4-6-12-20(18)30-21-13-7-5-11-19(21)24/h1-14,22,27H,15H2. The summed E-state index contributed by atoms with van der Waals surface area (Å²) < 4.78 is 40.5. The molecule has 0 spiro atoms. The molecular weight excluding hydrogens is 390 g/mol. The van der Waals surface area contributed by atoms with E-state index in [1.165, 1.54) is 12.1 Å². The van der Waals surface area contributed by atoms with Gasteiger partial charge in [0.05, 0.1) is 6.26 Å². The second-order valence-corrected chi connectivity index (χ2v) is 6.80. The smallest absolute Gasteiger partial charge is 0.327 e. The minimum absolute atomic E-state index is 0.0398. The summed E-state index contributed by atoms with van der Waals surface area (Å²) in [7, 11) is 0. The van der Waals surface area contributed by atoms with Crippen LogP contribution in [0.5, 0.6) is 11.5 Å². The van der Waals surface area contributed by atoms with Crippen LogP contribution in [-0.4, -0.2) is 24.1 Å². The Morgan fingerprint density at radius 3 is 2.00 bits per heavy atom. The minimum atomic E-state index is -3.09. The number of hydrogen-bond acceptors (Lipinski definition) is 4. The Kier molecular flexibility index (Phi) is 5.23. The van der Waals surface area contributed by atoms with E-state index in [-0.39, 0.29) is 29.2 Å². The molecule has 0 aromatic heterocycles. The number of fused-ring (bicyclic) bond motifs is 2. The molecule has 0 aliphatic carbocycles. The summed E-state index contributed by atoms with van der Waals surface area (Å²) in [4.78, 5) is 13.3. The predicted octanol–water partition coefficient (Wildman–Crippen LogP) is 5.49. The van der Waals surface area contributed by atoms with E-state index >= 15 is 0 Å². The van der Waals surface area contributed by atoms with Crippen LogP contribution < -0.4 is 4.74 Å². The number of aliphatic hydroxyl groups is 1. The summed E-state index contributed by atoms with van der Waals surface area (Å²) in [5.74, 6) is -0.764. The Hall–Kier alpha value is -3.67. The van der Waals surface area contributed by atoms with E-state index in [0.717, 1.165) is 6.26 Å².